The lowest BCUT2D eigenvalue weighted by Crippen LogP contribution is -2.12. The molecule has 19 heavy (non-hydrogen) atoms. The molecule has 7 nitrogen and oxygen atoms in total. The third-order valence-corrected chi connectivity index (χ3v) is 2.56. The van der Waals surface area contributed by atoms with Crippen molar-refractivity contribution in [1.82, 2.24) is 10.2 Å². The Bertz CT molecular complexity index is 653. The van der Waals surface area contributed by atoms with E-state index in [-0.39, 0.29) is 27.8 Å². The summed E-state index contributed by atoms with van der Waals surface area (Å²) in [4.78, 5) is 22.4. The second kappa shape index (κ2) is 4.99. The predicted molar refractivity (Wildman–Crippen MR) is 66.6 cm³/mol. The normalized spacial score (nSPS) is 10.2. The predicted octanol–water partition coefficient (Wildman–Crippen LogP) is 1.72. The van der Waals surface area contributed by atoms with Crippen LogP contribution >= 0.6 is 11.6 Å². The number of carboxylic acids is 1. The van der Waals surface area contributed by atoms with Crippen LogP contribution in [0.3, 0.4) is 0 Å². The molecule has 0 aliphatic rings. The molecule has 1 aromatic carbocycles. The van der Waals surface area contributed by atoms with E-state index in [0.717, 1.165) is 0 Å². The standard InChI is InChI=1S/C11H8ClN3O4/c12-6-3-5(1-2-8(6)16)10(17)13-9-4-7(11(18)19)14-15-9/h1-4,16H,(H,18,19)(H2,13,14,15,17). The van der Waals surface area contributed by atoms with Crippen LogP contribution in [-0.2, 0) is 0 Å². The van der Waals surface area contributed by atoms with Gasteiger partial charge in [-0.2, -0.15) is 5.10 Å². The quantitative estimate of drug-likeness (QED) is 0.684. The average Bonchev–Trinajstić information content (AvgIpc) is 2.81. The number of hydrogen-bond donors (Lipinski definition) is 4. The number of aromatic nitrogens is 2. The summed E-state index contributed by atoms with van der Waals surface area (Å²) < 4.78 is 0. The Hall–Kier alpha value is -2.54. The number of nitrogens with one attached hydrogen (secondary N) is 2. The molecule has 8 heteroatoms. The zero-order chi connectivity index (χ0) is 14.0. The number of rotatable bonds is 3. The van der Waals surface area contributed by atoms with Gasteiger partial charge in [0.1, 0.15) is 11.4 Å². The van der Waals surface area contributed by atoms with Crippen molar-refractivity contribution in [2.24, 2.45) is 0 Å². The van der Waals surface area contributed by atoms with Gasteiger partial charge in [0.2, 0.25) is 0 Å². The molecule has 0 aliphatic carbocycles. The van der Waals surface area contributed by atoms with Gasteiger partial charge in [-0.15, -0.1) is 0 Å². The molecular formula is C11H8ClN3O4. The number of benzene rings is 1. The van der Waals surface area contributed by atoms with E-state index in [0.29, 0.717) is 0 Å². The summed E-state index contributed by atoms with van der Waals surface area (Å²) >= 11 is 5.68. The Morgan fingerprint density at radius 3 is 2.63 bits per heavy atom. The minimum atomic E-state index is -1.18. The Morgan fingerprint density at radius 1 is 1.32 bits per heavy atom. The molecule has 0 spiro atoms. The van der Waals surface area contributed by atoms with Gasteiger partial charge in [0, 0.05) is 11.6 Å². The Morgan fingerprint density at radius 2 is 2.05 bits per heavy atom. The maximum Gasteiger partial charge on any atom is 0.353 e. The monoisotopic (exact) mass is 281 g/mol. The number of aromatic hydroxyl groups is 1. The maximum atomic E-state index is 11.8. The lowest BCUT2D eigenvalue weighted by molar-refractivity contribution is 0.0690. The van der Waals surface area contributed by atoms with Gasteiger partial charge in [0.05, 0.1) is 5.02 Å². The Labute approximate surface area is 111 Å². The van der Waals surface area contributed by atoms with Gasteiger partial charge in [-0.25, -0.2) is 4.79 Å². The molecule has 4 N–H and O–H groups in total. The van der Waals surface area contributed by atoms with E-state index in [1.165, 1.54) is 24.3 Å². The first-order valence-corrected chi connectivity index (χ1v) is 5.44. The number of carbonyl (C=O) groups is 2. The highest BCUT2D eigenvalue weighted by atomic mass is 35.5. The lowest BCUT2D eigenvalue weighted by atomic mass is 10.2. The third kappa shape index (κ3) is 2.83. The molecule has 0 unspecified atom stereocenters. The molecule has 0 saturated heterocycles. The summed E-state index contributed by atoms with van der Waals surface area (Å²) in [6, 6.07) is 5.13. The van der Waals surface area contributed by atoms with Crippen LogP contribution in [0.15, 0.2) is 24.3 Å². The number of anilines is 1. The van der Waals surface area contributed by atoms with Gasteiger partial charge in [-0.3, -0.25) is 9.89 Å². The SMILES string of the molecule is O=C(Nc1cc(C(=O)O)[nH]n1)c1ccc(O)c(Cl)c1. The van der Waals surface area contributed by atoms with E-state index < -0.39 is 11.9 Å². The van der Waals surface area contributed by atoms with Crippen molar-refractivity contribution < 1.29 is 19.8 Å². The van der Waals surface area contributed by atoms with E-state index >= 15 is 0 Å². The summed E-state index contributed by atoms with van der Waals surface area (Å²) in [7, 11) is 0. The van der Waals surface area contributed by atoms with Crippen LogP contribution in [-0.4, -0.2) is 32.3 Å². The van der Waals surface area contributed by atoms with Crippen LogP contribution in [0.4, 0.5) is 5.82 Å². The number of amides is 1. The number of phenols is 1. The number of aromatic carboxylic acids is 1. The van der Waals surface area contributed by atoms with Gasteiger partial charge in [0.25, 0.3) is 5.91 Å². The number of hydrogen-bond acceptors (Lipinski definition) is 4. The molecular weight excluding hydrogens is 274 g/mol. The first-order valence-electron chi connectivity index (χ1n) is 5.06. The van der Waals surface area contributed by atoms with Crippen LogP contribution in [0.25, 0.3) is 0 Å². The zero-order valence-corrected chi connectivity index (χ0v) is 10.1. The van der Waals surface area contributed by atoms with Crippen LogP contribution < -0.4 is 5.32 Å². The summed E-state index contributed by atoms with van der Waals surface area (Å²) in [5, 5.41) is 26.2. The second-order valence-corrected chi connectivity index (χ2v) is 4.00. The lowest BCUT2D eigenvalue weighted by Gasteiger charge is -2.03. The maximum absolute atomic E-state index is 11.8. The van der Waals surface area contributed by atoms with Crippen molar-refractivity contribution in [1.29, 1.82) is 0 Å². The highest BCUT2D eigenvalue weighted by Gasteiger charge is 2.12. The Kier molecular flexibility index (Phi) is 3.39. The van der Waals surface area contributed by atoms with Crippen molar-refractivity contribution in [2.75, 3.05) is 5.32 Å². The number of H-pyrrole nitrogens is 1. The van der Waals surface area contributed by atoms with E-state index in [2.05, 4.69) is 15.5 Å². The van der Waals surface area contributed by atoms with Gasteiger partial charge in [-0.05, 0) is 18.2 Å². The van der Waals surface area contributed by atoms with Crippen molar-refractivity contribution in [3.63, 3.8) is 0 Å². The molecule has 0 bridgehead atoms. The second-order valence-electron chi connectivity index (χ2n) is 3.59. The zero-order valence-electron chi connectivity index (χ0n) is 9.35. The molecule has 0 atom stereocenters. The van der Waals surface area contributed by atoms with Crippen molar-refractivity contribution in [3.05, 3.63) is 40.5 Å². The smallest absolute Gasteiger partial charge is 0.353 e. The molecule has 0 aliphatic heterocycles. The fraction of sp³-hybridized carbons (Fsp3) is 0. The van der Waals surface area contributed by atoms with E-state index in [1.54, 1.807) is 0 Å². The molecule has 2 rings (SSSR count). The number of phenolic OH excluding ortho intramolecular Hbond substituents is 1. The van der Waals surface area contributed by atoms with Crippen molar-refractivity contribution in [3.8, 4) is 5.75 Å². The minimum Gasteiger partial charge on any atom is -0.506 e. The molecule has 1 heterocycles. The highest BCUT2D eigenvalue weighted by Crippen LogP contribution is 2.24. The van der Waals surface area contributed by atoms with Gasteiger partial charge >= 0.3 is 5.97 Å². The van der Waals surface area contributed by atoms with E-state index in [9.17, 15) is 14.7 Å². The molecule has 2 aromatic rings. The fourth-order valence-corrected chi connectivity index (χ4v) is 1.51. The molecule has 0 radical (unpaired) electrons. The third-order valence-electron chi connectivity index (χ3n) is 2.26. The number of aromatic amines is 1. The summed E-state index contributed by atoms with van der Waals surface area (Å²) in [6.45, 7) is 0. The number of halogens is 1. The van der Waals surface area contributed by atoms with Gasteiger partial charge in [0.15, 0.2) is 5.82 Å². The molecule has 0 saturated carbocycles. The van der Waals surface area contributed by atoms with Crippen LogP contribution in [0.2, 0.25) is 5.02 Å². The average molecular weight is 282 g/mol. The summed E-state index contributed by atoms with van der Waals surface area (Å²) in [5.41, 5.74) is 0.0710. The first kappa shape index (κ1) is 12.9. The van der Waals surface area contributed by atoms with Crippen molar-refractivity contribution in [2.45, 2.75) is 0 Å². The van der Waals surface area contributed by atoms with E-state index in [4.69, 9.17) is 16.7 Å². The fourth-order valence-electron chi connectivity index (χ4n) is 1.33. The highest BCUT2D eigenvalue weighted by molar-refractivity contribution is 6.32. The van der Waals surface area contributed by atoms with Crippen LogP contribution in [0.1, 0.15) is 20.8 Å². The number of carboxylic acid groups (broad SMARTS) is 1. The largest absolute Gasteiger partial charge is 0.506 e. The van der Waals surface area contributed by atoms with Gasteiger partial charge < -0.3 is 15.5 Å². The Balaban J connectivity index is 2.15. The number of carbonyl (C=O) groups excluding carboxylic acids is 1. The summed E-state index contributed by atoms with van der Waals surface area (Å²) in [6.07, 6.45) is 0. The van der Waals surface area contributed by atoms with Crippen LogP contribution in [0.5, 0.6) is 5.75 Å². The first-order chi connectivity index (χ1) is 8.97. The van der Waals surface area contributed by atoms with Gasteiger partial charge in [-0.1, -0.05) is 11.6 Å². The topological polar surface area (TPSA) is 115 Å². The number of nitrogens with zero attached hydrogens (tertiary/aromatic N) is 1. The molecule has 98 valence electrons. The summed E-state index contributed by atoms with van der Waals surface area (Å²) in [5.74, 6) is -1.76. The molecule has 0 fully saturated rings. The van der Waals surface area contributed by atoms with Crippen LogP contribution in [0, 0.1) is 0 Å². The van der Waals surface area contributed by atoms with Crippen molar-refractivity contribution >= 4 is 29.3 Å². The molecule has 1 amide bonds. The molecule has 1 aromatic heterocycles. The minimum absolute atomic E-state index is 0.0425. The van der Waals surface area contributed by atoms with E-state index in [1.807, 2.05) is 0 Å².